The van der Waals surface area contributed by atoms with Crippen LogP contribution in [0.2, 0.25) is 0 Å². The summed E-state index contributed by atoms with van der Waals surface area (Å²) in [4.78, 5) is 28.8. The molecule has 3 aromatic heterocycles. The van der Waals surface area contributed by atoms with Gasteiger partial charge in [-0.15, -0.1) is 11.3 Å². The molecule has 1 atom stereocenters. The van der Waals surface area contributed by atoms with Crippen LogP contribution in [-0.4, -0.2) is 70.9 Å². The highest BCUT2D eigenvalue weighted by molar-refractivity contribution is 7.19. The van der Waals surface area contributed by atoms with E-state index >= 15 is 0 Å². The van der Waals surface area contributed by atoms with Gasteiger partial charge in [-0.1, -0.05) is 11.5 Å². The molecule has 0 aliphatic heterocycles. The number of hydrogen-bond donors (Lipinski definition) is 2. The van der Waals surface area contributed by atoms with Gasteiger partial charge in [0.25, 0.3) is 0 Å². The Morgan fingerprint density at radius 2 is 2.15 bits per heavy atom. The minimum atomic E-state index is 0.0321. The largest absolute Gasteiger partial charge is 0.494 e. The van der Waals surface area contributed by atoms with Gasteiger partial charge in [0.15, 0.2) is 0 Å². The second-order valence-electron chi connectivity index (χ2n) is 8.94. The number of aromatic nitrogens is 3. The quantitative estimate of drug-likeness (QED) is 0.372. The van der Waals surface area contributed by atoms with Crippen LogP contribution in [0.5, 0.6) is 5.75 Å². The highest BCUT2D eigenvalue weighted by atomic mass is 32.1. The first-order valence-corrected chi connectivity index (χ1v) is 13.2. The topological polar surface area (TPSA) is 86.4 Å². The van der Waals surface area contributed by atoms with Gasteiger partial charge in [-0.2, -0.15) is 0 Å². The lowest BCUT2D eigenvalue weighted by molar-refractivity contribution is -0.135. The Morgan fingerprint density at radius 3 is 2.85 bits per heavy atom. The fourth-order valence-corrected chi connectivity index (χ4v) is 6.50. The monoisotopic (exact) mass is 498 g/mol. The standard InChI is InChI=1S/C24H30N6O2S2/c1-5-30(9-8-29(2)3)24(31)14-6-7-15-19(10-14)33-23-21(15)22(25-13-26-23)27-16-12-20-17(28-34-20)11-18(16)32-4/h11-14,28H,5-10H2,1-4H3,(H,25,26,27)/t14-/m0/s1. The van der Waals surface area contributed by atoms with Crippen molar-refractivity contribution in [2.45, 2.75) is 26.2 Å². The number of rotatable bonds is 8. The number of hydrogen-bond acceptors (Lipinski definition) is 8. The molecule has 1 aromatic carbocycles. The number of carbonyl (C=O) groups excluding carboxylic acids is 1. The maximum absolute atomic E-state index is 13.3. The summed E-state index contributed by atoms with van der Waals surface area (Å²) >= 11 is 3.29. The lowest BCUT2D eigenvalue weighted by Gasteiger charge is -2.29. The Balaban J connectivity index is 1.42. The zero-order chi connectivity index (χ0) is 23.8. The van der Waals surface area contributed by atoms with E-state index in [0.29, 0.717) is 0 Å². The number of aromatic amines is 1. The van der Waals surface area contributed by atoms with Gasteiger partial charge in [-0.3, -0.25) is 4.79 Å². The van der Waals surface area contributed by atoms with Crippen molar-refractivity contribution in [2.75, 3.05) is 46.2 Å². The summed E-state index contributed by atoms with van der Waals surface area (Å²) in [5.41, 5.74) is 3.25. The smallest absolute Gasteiger partial charge is 0.226 e. The summed E-state index contributed by atoms with van der Waals surface area (Å²) in [6.07, 6.45) is 4.10. The van der Waals surface area contributed by atoms with Crippen molar-refractivity contribution in [1.82, 2.24) is 24.1 Å². The highest BCUT2D eigenvalue weighted by Gasteiger charge is 2.31. The molecule has 8 nitrogen and oxygen atoms in total. The maximum atomic E-state index is 13.3. The number of nitrogens with one attached hydrogen (secondary N) is 2. The van der Waals surface area contributed by atoms with E-state index in [1.807, 2.05) is 25.1 Å². The van der Waals surface area contributed by atoms with E-state index in [2.05, 4.69) is 37.5 Å². The molecule has 10 heteroatoms. The number of benzene rings is 1. The first-order chi connectivity index (χ1) is 16.5. The van der Waals surface area contributed by atoms with Crippen molar-refractivity contribution >= 4 is 60.7 Å². The highest BCUT2D eigenvalue weighted by Crippen LogP contribution is 2.42. The van der Waals surface area contributed by atoms with Gasteiger partial charge in [0, 0.05) is 36.5 Å². The van der Waals surface area contributed by atoms with Gasteiger partial charge in [-0.25, -0.2) is 9.97 Å². The Kier molecular flexibility index (Phi) is 6.46. The number of ether oxygens (including phenoxy) is 1. The average molecular weight is 499 g/mol. The average Bonchev–Trinajstić information content (AvgIpc) is 3.19. The summed E-state index contributed by atoms with van der Waals surface area (Å²) in [6.45, 7) is 4.47. The molecule has 0 bridgehead atoms. The number of carbonyl (C=O) groups is 1. The number of amides is 1. The molecule has 2 N–H and O–H groups in total. The lowest BCUT2D eigenvalue weighted by Crippen LogP contribution is -2.41. The fraction of sp³-hybridized carbons (Fsp3) is 0.458. The van der Waals surface area contributed by atoms with E-state index in [1.54, 1.807) is 36.3 Å². The third kappa shape index (κ3) is 4.25. The molecule has 0 radical (unpaired) electrons. The van der Waals surface area contributed by atoms with Crippen LogP contribution in [0, 0.1) is 5.92 Å². The van der Waals surface area contributed by atoms with Crippen molar-refractivity contribution in [3.8, 4) is 5.75 Å². The molecular weight excluding hydrogens is 468 g/mol. The molecule has 1 aliphatic rings. The van der Waals surface area contributed by atoms with Crippen LogP contribution in [-0.2, 0) is 17.6 Å². The fourth-order valence-electron chi connectivity index (χ4n) is 4.60. The van der Waals surface area contributed by atoms with Crippen molar-refractivity contribution in [3.63, 3.8) is 0 Å². The molecule has 180 valence electrons. The molecule has 0 saturated heterocycles. The summed E-state index contributed by atoms with van der Waals surface area (Å²) in [6, 6.07) is 4.09. The molecule has 0 spiro atoms. The van der Waals surface area contributed by atoms with Crippen LogP contribution < -0.4 is 10.1 Å². The van der Waals surface area contributed by atoms with E-state index in [-0.39, 0.29) is 11.8 Å². The van der Waals surface area contributed by atoms with Gasteiger partial charge in [0.2, 0.25) is 5.91 Å². The number of anilines is 2. The Labute approximate surface area is 207 Å². The minimum Gasteiger partial charge on any atom is -0.494 e. The van der Waals surface area contributed by atoms with E-state index in [0.717, 1.165) is 71.9 Å². The van der Waals surface area contributed by atoms with Crippen LogP contribution in [0.15, 0.2) is 18.5 Å². The molecule has 4 aromatic rings. The molecule has 0 unspecified atom stereocenters. The van der Waals surface area contributed by atoms with Crippen LogP contribution in [0.4, 0.5) is 11.5 Å². The molecule has 0 saturated carbocycles. The van der Waals surface area contributed by atoms with Gasteiger partial charge in [-0.05, 0) is 51.9 Å². The summed E-state index contributed by atoms with van der Waals surface area (Å²) in [5.74, 6) is 1.87. The zero-order valence-corrected chi connectivity index (χ0v) is 21.6. The molecular formula is C24H30N6O2S2. The third-order valence-electron chi connectivity index (χ3n) is 6.53. The van der Waals surface area contributed by atoms with E-state index < -0.39 is 0 Å². The predicted molar refractivity (Wildman–Crippen MR) is 140 cm³/mol. The number of thiophene rings is 1. The second-order valence-corrected chi connectivity index (χ2v) is 10.9. The van der Waals surface area contributed by atoms with Crippen LogP contribution in [0.25, 0.3) is 20.4 Å². The number of H-pyrrole nitrogens is 1. The second kappa shape index (κ2) is 9.52. The van der Waals surface area contributed by atoms with Gasteiger partial charge < -0.3 is 24.2 Å². The van der Waals surface area contributed by atoms with Crippen LogP contribution in [0.3, 0.4) is 0 Å². The minimum absolute atomic E-state index is 0.0321. The summed E-state index contributed by atoms with van der Waals surface area (Å²) in [7, 11) is 5.76. The first kappa shape index (κ1) is 23.1. The van der Waals surface area contributed by atoms with Crippen molar-refractivity contribution in [2.24, 2.45) is 5.92 Å². The van der Waals surface area contributed by atoms with Crippen LogP contribution >= 0.6 is 22.9 Å². The van der Waals surface area contributed by atoms with Crippen molar-refractivity contribution in [3.05, 3.63) is 28.9 Å². The maximum Gasteiger partial charge on any atom is 0.226 e. The Hall–Kier alpha value is -2.69. The Morgan fingerprint density at radius 1 is 1.29 bits per heavy atom. The van der Waals surface area contributed by atoms with Gasteiger partial charge >= 0.3 is 0 Å². The molecule has 5 rings (SSSR count). The third-order valence-corrected chi connectivity index (χ3v) is 8.57. The van der Waals surface area contributed by atoms with Crippen molar-refractivity contribution < 1.29 is 9.53 Å². The predicted octanol–water partition coefficient (Wildman–Crippen LogP) is 4.50. The molecule has 0 fully saturated rings. The van der Waals surface area contributed by atoms with Gasteiger partial charge in [0.1, 0.15) is 22.7 Å². The number of likely N-dealkylation sites (N-methyl/N-ethyl adjacent to an activating group) is 2. The molecule has 3 heterocycles. The number of methoxy groups -OCH3 is 1. The van der Waals surface area contributed by atoms with Gasteiger partial charge in [0.05, 0.1) is 28.4 Å². The summed E-state index contributed by atoms with van der Waals surface area (Å²) < 4.78 is 9.99. The van der Waals surface area contributed by atoms with E-state index in [4.69, 9.17) is 4.74 Å². The van der Waals surface area contributed by atoms with E-state index in [9.17, 15) is 4.79 Å². The number of nitrogens with zero attached hydrogens (tertiary/aromatic N) is 4. The zero-order valence-electron chi connectivity index (χ0n) is 20.0. The number of aryl methyl sites for hydroxylation is 1. The molecule has 1 aliphatic carbocycles. The summed E-state index contributed by atoms with van der Waals surface area (Å²) in [5, 5.41) is 4.58. The molecule has 1 amide bonds. The number of fused-ring (bicyclic) bond motifs is 4. The van der Waals surface area contributed by atoms with E-state index in [1.165, 1.54) is 15.1 Å². The SMILES string of the molecule is CCN(CCN(C)C)C(=O)[C@H]1CCc2c(sc3ncnc(Nc4cc5s[nH]c5cc4OC)c23)C1. The Bertz CT molecular complexity index is 1320. The first-order valence-electron chi connectivity index (χ1n) is 11.6. The van der Waals surface area contributed by atoms with Crippen LogP contribution in [0.1, 0.15) is 23.8 Å². The lowest BCUT2D eigenvalue weighted by atomic mass is 9.87. The van der Waals surface area contributed by atoms with Crippen molar-refractivity contribution in [1.29, 1.82) is 0 Å². The molecule has 34 heavy (non-hydrogen) atoms. The normalized spacial score (nSPS) is 15.7.